The molecule has 3 rings (SSSR count). The summed E-state index contributed by atoms with van der Waals surface area (Å²) in [6, 6.07) is 8.46. The Morgan fingerprint density at radius 2 is 1.88 bits per heavy atom. The van der Waals surface area contributed by atoms with Gasteiger partial charge >= 0.3 is 0 Å². The van der Waals surface area contributed by atoms with E-state index < -0.39 is 0 Å². The van der Waals surface area contributed by atoms with Crippen LogP contribution in [0, 0.1) is 0 Å². The molecule has 128 valence electrons. The van der Waals surface area contributed by atoms with Gasteiger partial charge in [-0.25, -0.2) is 0 Å². The molecule has 0 bridgehead atoms. The van der Waals surface area contributed by atoms with Crippen molar-refractivity contribution < 1.29 is 0 Å². The third-order valence-corrected chi connectivity index (χ3v) is 4.01. The Bertz CT molecular complexity index is 636. The van der Waals surface area contributed by atoms with Gasteiger partial charge in [0, 0.05) is 37.6 Å². The van der Waals surface area contributed by atoms with E-state index in [-0.39, 0.29) is 0 Å². The number of nitrogens with zero attached hydrogens (tertiary/aromatic N) is 5. The Hall–Kier alpha value is -2.41. The minimum atomic E-state index is 0.538. The minimum Gasteiger partial charge on any atom is -0.372 e. The normalized spacial score (nSPS) is 14.2. The maximum Gasteiger partial charge on any atom is 0.244 e. The van der Waals surface area contributed by atoms with Crippen molar-refractivity contribution in [2.75, 3.05) is 55.8 Å². The van der Waals surface area contributed by atoms with Crippen LogP contribution >= 0.6 is 0 Å². The third kappa shape index (κ3) is 4.55. The van der Waals surface area contributed by atoms with Crippen LogP contribution in [0.4, 0.5) is 23.1 Å². The van der Waals surface area contributed by atoms with Gasteiger partial charge in [-0.2, -0.15) is 10.1 Å². The van der Waals surface area contributed by atoms with Crippen LogP contribution in [-0.4, -0.2) is 60.4 Å². The first-order valence-corrected chi connectivity index (χ1v) is 8.41. The SMILES string of the molecule is CN(C)CCNc1nncc(Nc2ccc(N3CCCC3)cc2)n1. The molecule has 0 saturated carbocycles. The third-order valence-electron chi connectivity index (χ3n) is 4.01. The van der Waals surface area contributed by atoms with Gasteiger partial charge in [0.15, 0.2) is 5.82 Å². The summed E-state index contributed by atoms with van der Waals surface area (Å²) in [5, 5.41) is 14.5. The van der Waals surface area contributed by atoms with E-state index in [0.29, 0.717) is 11.8 Å². The van der Waals surface area contributed by atoms with Gasteiger partial charge < -0.3 is 20.4 Å². The predicted molar refractivity (Wildman–Crippen MR) is 98.0 cm³/mol. The molecule has 0 atom stereocenters. The second-order valence-electron chi connectivity index (χ2n) is 6.26. The molecule has 1 aliphatic heterocycles. The van der Waals surface area contributed by atoms with E-state index >= 15 is 0 Å². The van der Waals surface area contributed by atoms with Gasteiger partial charge in [0.1, 0.15) is 0 Å². The molecular formula is C17H25N7. The Balaban J connectivity index is 1.58. The molecule has 0 unspecified atom stereocenters. The molecule has 7 heteroatoms. The summed E-state index contributed by atoms with van der Waals surface area (Å²) >= 11 is 0. The molecule has 2 heterocycles. The number of likely N-dealkylation sites (N-methyl/N-ethyl adjacent to an activating group) is 1. The van der Waals surface area contributed by atoms with Crippen molar-refractivity contribution in [1.82, 2.24) is 20.1 Å². The van der Waals surface area contributed by atoms with Crippen molar-refractivity contribution in [3.63, 3.8) is 0 Å². The fraction of sp³-hybridized carbons (Fsp3) is 0.471. The van der Waals surface area contributed by atoms with E-state index in [1.54, 1.807) is 6.20 Å². The summed E-state index contributed by atoms with van der Waals surface area (Å²) in [6.07, 6.45) is 4.21. The van der Waals surface area contributed by atoms with Crippen molar-refractivity contribution in [3.05, 3.63) is 30.5 Å². The standard InChI is InChI=1S/C17H25N7/c1-23(2)12-9-18-17-21-16(13-19-22-17)20-14-5-7-15(8-6-14)24-10-3-4-11-24/h5-8,13H,3-4,9-12H2,1-2H3,(H2,18,20,21,22). The van der Waals surface area contributed by atoms with Crippen molar-refractivity contribution in [2.24, 2.45) is 0 Å². The van der Waals surface area contributed by atoms with Gasteiger partial charge in [-0.1, -0.05) is 0 Å². The smallest absolute Gasteiger partial charge is 0.244 e. The van der Waals surface area contributed by atoms with E-state index in [1.165, 1.54) is 18.5 Å². The number of hydrogen-bond acceptors (Lipinski definition) is 7. The highest BCUT2D eigenvalue weighted by Crippen LogP contribution is 2.23. The van der Waals surface area contributed by atoms with Crippen LogP contribution in [0.5, 0.6) is 0 Å². The quantitative estimate of drug-likeness (QED) is 0.808. The fourth-order valence-electron chi connectivity index (χ4n) is 2.71. The monoisotopic (exact) mass is 327 g/mol. The van der Waals surface area contributed by atoms with Crippen LogP contribution in [0.15, 0.2) is 30.5 Å². The van der Waals surface area contributed by atoms with Crippen LogP contribution in [0.25, 0.3) is 0 Å². The second-order valence-corrected chi connectivity index (χ2v) is 6.26. The number of benzene rings is 1. The molecule has 0 aliphatic carbocycles. The predicted octanol–water partition coefficient (Wildman–Crippen LogP) is 2.19. The summed E-state index contributed by atoms with van der Waals surface area (Å²) in [4.78, 5) is 8.96. The van der Waals surface area contributed by atoms with E-state index in [1.807, 2.05) is 14.1 Å². The van der Waals surface area contributed by atoms with Gasteiger partial charge in [0.25, 0.3) is 0 Å². The second kappa shape index (κ2) is 7.92. The molecule has 2 N–H and O–H groups in total. The molecule has 1 fully saturated rings. The topological polar surface area (TPSA) is 69.2 Å². The Morgan fingerprint density at radius 3 is 2.58 bits per heavy atom. The first kappa shape index (κ1) is 16.4. The summed E-state index contributed by atoms with van der Waals surface area (Å²) in [5.74, 6) is 1.22. The number of anilines is 4. The molecule has 1 aromatic heterocycles. The van der Waals surface area contributed by atoms with E-state index in [4.69, 9.17) is 0 Å². The van der Waals surface area contributed by atoms with Crippen molar-refractivity contribution in [2.45, 2.75) is 12.8 Å². The lowest BCUT2D eigenvalue weighted by Gasteiger charge is -2.17. The fourth-order valence-corrected chi connectivity index (χ4v) is 2.71. The van der Waals surface area contributed by atoms with Crippen molar-refractivity contribution in [1.29, 1.82) is 0 Å². The van der Waals surface area contributed by atoms with Crippen molar-refractivity contribution >= 4 is 23.1 Å². The highest BCUT2D eigenvalue weighted by Gasteiger charge is 2.11. The van der Waals surface area contributed by atoms with Crippen LogP contribution in [0.3, 0.4) is 0 Å². The molecule has 0 spiro atoms. The maximum absolute atomic E-state index is 4.44. The summed E-state index contributed by atoms with van der Waals surface area (Å²) in [7, 11) is 4.06. The van der Waals surface area contributed by atoms with Crippen LogP contribution in [-0.2, 0) is 0 Å². The number of nitrogens with one attached hydrogen (secondary N) is 2. The Morgan fingerprint density at radius 1 is 1.12 bits per heavy atom. The zero-order chi connectivity index (χ0) is 16.8. The lowest BCUT2D eigenvalue weighted by molar-refractivity contribution is 0.425. The largest absolute Gasteiger partial charge is 0.372 e. The number of rotatable bonds is 7. The highest BCUT2D eigenvalue weighted by atomic mass is 15.3. The molecule has 0 amide bonds. The van der Waals surface area contributed by atoms with E-state index in [2.05, 4.69) is 59.9 Å². The van der Waals surface area contributed by atoms with Gasteiger partial charge in [0.05, 0.1) is 6.20 Å². The molecule has 24 heavy (non-hydrogen) atoms. The van der Waals surface area contributed by atoms with Gasteiger partial charge in [-0.15, -0.1) is 5.10 Å². The Kier molecular flexibility index (Phi) is 5.43. The first-order valence-electron chi connectivity index (χ1n) is 8.41. The zero-order valence-electron chi connectivity index (χ0n) is 14.4. The minimum absolute atomic E-state index is 0.538. The Labute approximate surface area is 143 Å². The molecule has 1 aromatic carbocycles. The van der Waals surface area contributed by atoms with Crippen LogP contribution < -0.4 is 15.5 Å². The average Bonchev–Trinajstić information content (AvgIpc) is 3.10. The molecular weight excluding hydrogens is 302 g/mol. The first-order chi connectivity index (χ1) is 11.7. The molecule has 7 nitrogen and oxygen atoms in total. The molecule has 2 aromatic rings. The average molecular weight is 327 g/mol. The highest BCUT2D eigenvalue weighted by molar-refractivity contribution is 5.61. The number of aromatic nitrogens is 3. The van der Waals surface area contributed by atoms with E-state index in [9.17, 15) is 0 Å². The van der Waals surface area contributed by atoms with Crippen LogP contribution in [0.2, 0.25) is 0 Å². The van der Waals surface area contributed by atoms with Gasteiger partial charge in [-0.3, -0.25) is 0 Å². The molecule has 0 radical (unpaired) electrons. The van der Waals surface area contributed by atoms with Gasteiger partial charge in [0.2, 0.25) is 5.95 Å². The zero-order valence-corrected chi connectivity index (χ0v) is 14.4. The van der Waals surface area contributed by atoms with Crippen molar-refractivity contribution in [3.8, 4) is 0 Å². The molecule has 1 aliphatic rings. The maximum atomic E-state index is 4.44. The van der Waals surface area contributed by atoms with Crippen LogP contribution in [0.1, 0.15) is 12.8 Å². The van der Waals surface area contributed by atoms with Gasteiger partial charge in [-0.05, 0) is 51.2 Å². The lowest BCUT2D eigenvalue weighted by Crippen LogP contribution is -2.21. The summed E-state index contributed by atoms with van der Waals surface area (Å²) in [6.45, 7) is 4.01. The summed E-state index contributed by atoms with van der Waals surface area (Å²) in [5.41, 5.74) is 2.28. The number of hydrogen-bond donors (Lipinski definition) is 2. The van der Waals surface area contributed by atoms with E-state index in [0.717, 1.165) is 31.9 Å². The summed E-state index contributed by atoms with van der Waals surface area (Å²) < 4.78 is 0. The lowest BCUT2D eigenvalue weighted by atomic mass is 10.2. The molecule has 1 saturated heterocycles.